The van der Waals surface area contributed by atoms with Gasteiger partial charge in [-0.25, -0.2) is 9.97 Å². The van der Waals surface area contributed by atoms with E-state index in [0.29, 0.717) is 23.2 Å². The van der Waals surface area contributed by atoms with Crippen LogP contribution in [-0.2, 0) is 11.3 Å². The predicted molar refractivity (Wildman–Crippen MR) is 191 cm³/mol. The van der Waals surface area contributed by atoms with Gasteiger partial charge in [-0.05, 0) is 92.1 Å². The standard InChI is InChI=1S/C38H44N8O2/c1-27(47)42-34-17-18-39-33(23-34)14-7-28-5-12-32(13-6-28)43-38-41-25-36(37(44-38)40-24-29-8-15-35(48)16-9-29)31-10-3-30(4-11-31)26-46-21-19-45(2)20-22-46/h3-6,10-13,17-18,23,25,29,35,48H,8-9,15-16,19-22,24,26H2,1-2H3,(H,39,42,47)(H2,40,41,43,44). The molecule has 1 aliphatic carbocycles. The Labute approximate surface area is 283 Å². The van der Waals surface area contributed by atoms with E-state index in [4.69, 9.17) is 9.97 Å². The number of piperazine rings is 1. The minimum Gasteiger partial charge on any atom is -0.393 e. The predicted octanol–water partition coefficient (Wildman–Crippen LogP) is 5.35. The van der Waals surface area contributed by atoms with Crippen molar-refractivity contribution in [3.63, 3.8) is 0 Å². The van der Waals surface area contributed by atoms with Crippen LogP contribution in [0.1, 0.15) is 49.4 Å². The van der Waals surface area contributed by atoms with E-state index in [1.54, 1.807) is 18.3 Å². The van der Waals surface area contributed by atoms with Gasteiger partial charge in [0, 0.05) is 81.1 Å². The van der Waals surface area contributed by atoms with Gasteiger partial charge in [-0.1, -0.05) is 30.2 Å². The van der Waals surface area contributed by atoms with E-state index in [-0.39, 0.29) is 12.0 Å². The van der Waals surface area contributed by atoms with Crippen LogP contribution < -0.4 is 16.0 Å². The minimum absolute atomic E-state index is 0.138. The van der Waals surface area contributed by atoms with E-state index in [1.165, 1.54) is 12.5 Å². The molecule has 0 radical (unpaired) electrons. The Morgan fingerprint density at radius 1 is 0.917 bits per heavy atom. The zero-order chi connectivity index (χ0) is 33.3. The number of anilines is 4. The van der Waals surface area contributed by atoms with Gasteiger partial charge in [-0.15, -0.1) is 0 Å². The number of nitrogens with one attached hydrogen (secondary N) is 3. The third-order valence-electron chi connectivity index (χ3n) is 8.99. The van der Waals surface area contributed by atoms with Crippen molar-refractivity contribution in [1.29, 1.82) is 0 Å². The first-order valence-electron chi connectivity index (χ1n) is 16.8. The second kappa shape index (κ2) is 15.8. The van der Waals surface area contributed by atoms with Crippen molar-refractivity contribution in [2.45, 2.75) is 45.3 Å². The van der Waals surface area contributed by atoms with Gasteiger partial charge in [0.05, 0.1) is 6.10 Å². The number of amides is 1. The third-order valence-corrected chi connectivity index (χ3v) is 8.99. The Morgan fingerprint density at radius 3 is 2.40 bits per heavy atom. The molecule has 0 spiro atoms. The summed E-state index contributed by atoms with van der Waals surface area (Å²) in [6, 6.07) is 20.0. The zero-order valence-electron chi connectivity index (χ0n) is 27.7. The summed E-state index contributed by atoms with van der Waals surface area (Å²) in [5.41, 5.74) is 6.26. The summed E-state index contributed by atoms with van der Waals surface area (Å²) in [6.07, 6.45) is 7.06. The van der Waals surface area contributed by atoms with Gasteiger partial charge in [0.25, 0.3) is 0 Å². The Hall–Kier alpha value is -4.82. The van der Waals surface area contributed by atoms with Crippen LogP contribution in [0.4, 0.5) is 23.1 Å². The van der Waals surface area contributed by atoms with Crippen LogP contribution in [-0.4, -0.2) is 81.6 Å². The summed E-state index contributed by atoms with van der Waals surface area (Å²) in [4.78, 5) is 30.1. The first kappa shape index (κ1) is 33.1. The maximum absolute atomic E-state index is 11.4. The first-order valence-corrected chi connectivity index (χ1v) is 16.8. The van der Waals surface area contributed by atoms with Crippen LogP contribution in [0.25, 0.3) is 11.1 Å². The van der Waals surface area contributed by atoms with Crippen LogP contribution >= 0.6 is 0 Å². The molecule has 248 valence electrons. The van der Waals surface area contributed by atoms with E-state index >= 15 is 0 Å². The van der Waals surface area contributed by atoms with Gasteiger partial charge < -0.3 is 26.0 Å². The fourth-order valence-corrected chi connectivity index (χ4v) is 6.11. The summed E-state index contributed by atoms with van der Waals surface area (Å²) in [6.45, 7) is 7.63. The molecule has 2 aliphatic rings. The molecule has 10 nitrogen and oxygen atoms in total. The number of aliphatic hydroxyl groups is 1. The topological polar surface area (TPSA) is 119 Å². The summed E-state index contributed by atoms with van der Waals surface area (Å²) in [5, 5.41) is 19.7. The average molecular weight is 645 g/mol. The van der Waals surface area contributed by atoms with Crippen molar-refractivity contribution in [2.24, 2.45) is 5.92 Å². The highest BCUT2D eigenvalue weighted by atomic mass is 16.3. The molecule has 4 aromatic rings. The highest BCUT2D eigenvalue weighted by molar-refractivity contribution is 5.88. The monoisotopic (exact) mass is 644 g/mol. The van der Waals surface area contributed by atoms with Gasteiger partial charge >= 0.3 is 0 Å². The Morgan fingerprint density at radius 2 is 1.67 bits per heavy atom. The molecule has 1 amide bonds. The van der Waals surface area contributed by atoms with E-state index in [1.807, 2.05) is 30.5 Å². The van der Waals surface area contributed by atoms with Crippen molar-refractivity contribution in [3.05, 3.63) is 89.9 Å². The molecule has 6 rings (SSSR count). The lowest BCUT2D eigenvalue weighted by molar-refractivity contribution is -0.114. The van der Waals surface area contributed by atoms with Gasteiger partial charge in [-0.2, -0.15) is 4.98 Å². The number of hydrogen-bond donors (Lipinski definition) is 4. The molecule has 0 atom stereocenters. The molecule has 0 bridgehead atoms. The lowest BCUT2D eigenvalue weighted by Gasteiger charge is -2.32. The molecular weight excluding hydrogens is 600 g/mol. The number of nitrogens with zero attached hydrogens (tertiary/aromatic N) is 5. The Kier molecular flexibility index (Phi) is 10.9. The molecule has 10 heteroatoms. The summed E-state index contributed by atoms with van der Waals surface area (Å²) < 4.78 is 0. The molecule has 3 heterocycles. The molecule has 1 saturated carbocycles. The van der Waals surface area contributed by atoms with Crippen LogP contribution in [0, 0.1) is 17.8 Å². The smallest absolute Gasteiger partial charge is 0.229 e. The van der Waals surface area contributed by atoms with E-state index < -0.39 is 0 Å². The van der Waals surface area contributed by atoms with Gasteiger partial charge in [0.2, 0.25) is 11.9 Å². The number of aliphatic hydroxyl groups excluding tert-OH is 1. The number of likely N-dealkylation sites (N-methyl/N-ethyl adjacent to an activating group) is 1. The third kappa shape index (κ3) is 9.38. The van der Waals surface area contributed by atoms with Crippen LogP contribution in [0.3, 0.4) is 0 Å². The Bertz CT molecular complexity index is 1730. The highest BCUT2D eigenvalue weighted by Crippen LogP contribution is 2.30. The summed E-state index contributed by atoms with van der Waals surface area (Å²) in [5.74, 6) is 7.84. The maximum Gasteiger partial charge on any atom is 0.229 e. The molecule has 4 N–H and O–H groups in total. The summed E-state index contributed by atoms with van der Waals surface area (Å²) >= 11 is 0. The number of hydrogen-bond acceptors (Lipinski definition) is 9. The molecule has 48 heavy (non-hydrogen) atoms. The van der Waals surface area contributed by atoms with E-state index in [0.717, 1.165) is 93.1 Å². The van der Waals surface area contributed by atoms with Crippen LogP contribution in [0.2, 0.25) is 0 Å². The number of rotatable bonds is 9. The number of pyridine rings is 1. The molecule has 1 aliphatic heterocycles. The van der Waals surface area contributed by atoms with Crippen molar-refractivity contribution < 1.29 is 9.90 Å². The van der Waals surface area contributed by atoms with Crippen molar-refractivity contribution >= 4 is 29.0 Å². The van der Waals surface area contributed by atoms with E-state index in [2.05, 4.69) is 73.9 Å². The van der Waals surface area contributed by atoms with Crippen LogP contribution in [0.5, 0.6) is 0 Å². The van der Waals surface area contributed by atoms with Gasteiger partial charge in [0.15, 0.2) is 0 Å². The van der Waals surface area contributed by atoms with Crippen molar-refractivity contribution in [3.8, 4) is 23.0 Å². The number of aromatic nitrogens is 3. The van der Waals surface area contributed by atoms with Gasteiger partial charge in [-0.3, -0.25) is 9.69 Å². The second-order valence-electron chi connectivity index (χ2n) is 12.9. The molecule has 2 aromatic carbocycles. The first-order chi connectivity index (χ1) is 23.4. The van der Waals surface area contributed by atoms with Crippen molar-refractivity contribution in [1.82, 2.24) is 24.8 Å². The zero-order valence-corrected chi connectivity index (χ0v) is 27.7. The van der Waals surface area contributed by atoms with E-state index in [9.17, 15) is 9.90 Å². The molecule has 0 unspecified atom stereocenters. The molecule has 2 fully saturated rings. The Balaban J connectivity index is 1.15. The lowest BCUT2D eigenvalue weighted by Crippen LogP contribution is -2.43. The lowest BCUT2D eigenvalue weighted by atomic mass is 9.87. The fraction of sp³-hybridized carbons (Fsp3) is 0.368. The van der Waals surface area contributed by atoms with Crippen molar-refractivity contribution in [2.75, 3.05) is 55.7 Å². The fourth-order valence-electron chi connectivity index (χ4n) is 6.11. The number of carbonyl (C=O) groups is 1. The minimum atomic E-state index is -0.175. The summed E-state index contributed by atoms with van der Waals surface area (Å²) in [7, 11) is 2.18. The highest BCUT2D eigenvalue weighted by Gasteiger charge is 2.20. The SMILES string of the molecule is CC(=O)Nc1ccnc(C#Cc2ccc(Nc3ncc(-c4ccc(CN5CCN(C)CC5)cc4)c(NCC4CCC(O)CC4)n3)cc2)c1. The average Bonchev–Trinajstić information content (AvgIpc) is 3.09. The quantitative estimate of drug-likeness (QED) is 0.179. The molecule has 1 saturated heterocycles. The number of carbonyl (C=O) groups excluding carboxylic acids is 1. The van der Waals surface area contributed by atoms with Crippen LogP contribution in [0.15, 0.2) is 73.1 Å². The normalized spacial score (nSPS) is 18.4. The molecular formula is C38H44N8O2. The number of benzene rings is 2. The van der Waals surface area contributed by atoms with Gasteiger partial charge in [0.1, 0.15) is 11.5 Å². The largest absolute Gasteiger partial charge is 0.393 e. The second-order valence-corrected chi connectivity index (χ2v) is 12.9. The molecule has 2 aromatic heterocycles. The maximum atomic E-state index is 11.4.